The highest BCUT2D eigenvalue weighted by Crippen LogP contribution is 2.10. The van der Waals surface area contributed by atoms with Gasteiger partial charge in [-0.1, -0.05) is 20.3 Å². The van der Waals surface area contributed by atoms with Crippen LogP contribution in [0.4, 0.5) is 0 Å². The van der Waals surface area contributed by atoms with Crippen LogP contribution < -0.4 is 5.32 Å². The maximum absolute atomic E-state index is 11.7. The molecule has 1 aliphatic rings. The molecule has 5 heteroatoms. The maximum atomic E-state index is 11.7. The van der Waals surface area contributed by atoms with Crippen LogP contribution in [-0.4, -0.2) is 57.0 Å². The first-order chi connectivity index (χ1) is 8.09. The van der Waals surface area contributed by atoms with Crippen molar-refractivity contribution < 1.29 is 8.42 Å². The van der Waals surface area contributed by atoms with Crippen molar-refractivity contribution in [3.63, 3.8) is 0 Å². The fourth-order valence-electron chi connectivity index (χ4n) is 2.38. The number of hydrogen-bond acceptors (Lipinski definition) is 4. The standard InChI is InChI=1S/C12H26N2O2S/c1-3-5-12-11-13-6-7-14(12)8-10-17(15,16)9-4-2/h12-13H,3-11H2,1-2H3. The van der Waals surface area contributed by atoms with Gasteiger partial charge >= 0.3 is 0 Å². The molecule has 0 amide bonds. The molecule has 1 N–H and O–H groups in total. The second-order valence-electron chi connectivity index (χ2n) is 4.83. The molecule has 1 aliphatic heterocycles. The van der Waals surface area contributed by atoms with Gasteiger partial charge in [-0.15, -0.1) is 0 Å². The zero-order valence-corrected chi connectivity index (χ0v) is 11.9. The Hall–Kier alpha value is -0.130. The molecule has 0 spiro atoms. The number of sulfone groups is 1. The van der Waals surface area contributed by atoms with E-state index in [1.807, 2.05) is 6.92 Å². The van der Waals surface area contributed by atoms with Crippen LogP contribution in [0.25, 0.3) is 0 Å². The summed E-state index contributed by atoms with van der Waals surface area (Å²) in [5, 5.41) is 3.38. The van der Waals surface area contributed by atoms with E-state index in [0.29, 0.717) is 24.1 Å². The van der Waals surface area contributed by atoms with Crippen LogP contribution in [0.3, 0.4) is 0 Å². The van der Waals surface area contributed by atoms with Crippen molar-refractivity contribution >= 4 is 9.84 Å². The molecular weight excluding hydrogens is 236 g/mol. The van der Waals surface area contributed by atoms with E-state index >= 15 is 0 Å². The van der Waals surface area contributed by atoms with Gasteiger partial charge in [0.2, 0.25) is 0 Å². The fraction of sp³-hybridized carbons (Fsp3) is 1.00. The second kappa shape index (κ2) is 7.34. The fourth-order valence-corrected chi connectivity index (χ4v) is 3.72. The van der Waals surface area contributed by atoms with Crippen LogP contribution in [0.1, 0.15) is 33.1 Å². The molecule has 0 aliphatic carbocycles. The van der Waals surface area contributed by atoms with Crippen LogP contribution in [0.5, 0.6) is 0 Å². The highest BCUT2D eigenvalue weighted by Gasteiger charge is 2.22. The number of hydrogen-bond donors (Lipinski definition) is 1. The molecular formula is C12H26N2O2S. The Balaban J connectivity index is 2.42. The summed E-state index contributed by atoms with van der Waals surface area (Å²) in [6, 6.07) is 0.519. The molecule has 1 rings (SSSR count). The molecule has 17 heavy (non-hydrogen) atoms. The van der Waals surface area contributed by atoms with E-state index in [1.165, 1.54) is 0 Å². The third kappa shape index (κ3) is 5.36. The summed E-state index contributed by atoms with van der Waals surface area (Å²) in [5.74, 6) is 0.651. The van der Waals surface area contributed by atoms with E-state index in [1.54, 1.807) is 0 Å². The van der Waals surface area contributed by atoms with Crippen LogP contribution in [-0.2, 0) is 9.84 Å². The highest BCUT2D eigenvalue weighted by atomic mass is 32.2. The summed E-state index contributed by atoms with van der Waals surface area (Å²) in [6.45, 7) is 7.76. The number of nitrogens with one attached hydrogen (secondary N) is 1. The molecule has 0 aromatic rings. The van der Waals surface area contributed by atoms with Crippen LogP contribution in [0.2, 0.25) is 0 Å². The molecule has 0 radical (unpaired) electrons. The first-order valence-corrected chi connectivity index (χ1v) is 8.56. The Kier molecular flexibility index (Phi) is 6.44. The van der Waals surface area contributed by atoms with Gasteiger partial charge in [-0.05, 0) is 12.8 Å². The van der Waals surface area contributed by atoms with Gasteiger partial charge in [-0.3, -0.25) is 4.90 Å². The predicted octanol–water partition coefficient (Wildman–Crippen LogP) is 0.885. The molecule has 0 bridgehead atoms. The van der Waals surface area contributed by atoms with E-state index in [4.69, 9.17) is 0 Å². The first-order valence-electron chi connectivity index (χ1n) is 6.74. The Morgan fingerprint density at radius 3 is 2.65 bits per heavy atom. The Bertz CT molecular complexity index is 302. The SMILES string of the molecule is CCCC1CNCCN1CCS(=O)(=O)CCC. The predicted molar refractivity (Wildman–Crippen MR) is 72.1 cm³/mol. The monoisotopic (exact) mass is 262 g/mol. The van der Waals surface area contributed by atoms with Gasteiger partial charge < -0.3 is 5.32 Å². The Morgan fingerprint density at radius 2 is 2.00 bits per heavy atom. The second-order valence-corrected chi connectivity index (χ2v) is 7.14. The van der Waals surface area contributed by atoms with E-state index < -0.39 is 9.84 Å². The van der Waals surface area contributed by atoms with Crippen LogP contribution in [0.15, 0.2) is 0 Å². The zero-order valence-electron chi connectivity index (χ0n) is 11.1. The smallest absolute Gasteiger partial charge is 0.151 e. The van der Waals surface area contributed by atoms with Gasteiger partial charge in [0, 0.05) is 38.0 Å². The lowest BCUT2D eigenvalue weighted by atomic mass is 10.1. The quantitative estimate of drug-likeness (QED) is 0.740. The molecule has 1 fully saturated rings. The highest BCUT2D eigenvalue weighted by molar-refractivity contribution is 7.91. The van der Waals surface area contributed by atoms with Crippen molar-refractivity contribution in [2.45, 2.75) is 39.2 Å². The Labute approximate surface area is 106 Å². The van der Waals surface area contributed by atoms with E-state index in [0.717, 1.165) is 38.9 Å². The summed E-state index contributed by atoms with van der Waals surface area (Å²) < 4.78 is 23.4. The molecule has 102 valence electrons. The zero-order chi connectivity index (χ0) is 12.7. The van der Waals surface area contributed by atoms with Crippen molar-refractivity contribution in [1.82, 2.24) is 10.2 Å². The van der Waals surface area contributed by atoms with Crippen molar-refractivity contribution in [2.24, 2.45) is 0 Å². The van der Waals surface area contributed by atoms with Crippen molar-refractivity contribution in [2.75, 3.05) is 37.7 Å². The minimum atomic E-state index is -2.83. The molecule has 1 atom stereocenters. The lowest BCUT2D eigenvalue weighted by Crippen LogP contribution is -2.52. The summed E-state index contributed by atoms with van der Waals surface area (Å²) in [4.78, 5) is 2.34. The maximum Gasteiger partial charge on any atom is 0.151 e. The molecule has 0 saturated carbocycles. The lowest BCUT2D eigenvalue weighted by molar-refractivity contribution is 0.161. The average Bonchev–Trinajstić information content (AvgIpc) is 2.28. The van der Waals surface area contributed by atoms with Gasteiger partial charge in [0.15, 0.2) is 9.84 Å². The minimum Gasteiger partial charge on any atom is -0.314 e. The normalized spacial score (nSPS) is 22.8. The molecule has 1 heterocycles. The van der Waals surface area contributed by atoms with Crippen LogP contribution >= 0.6 is 0 Å². The third-order valence-corrected chi connectivity index (χ3v) is 5.13. The summed E-state index contributed by atoms with van der Waals surface area (Å²) in [5.41, 5.74) is 0. The van der Waals surface area contributed by atoms with E-state index in [-0.39, 0.29) is 0 Å². The van der Waals surface area contributed by atoms with Gasteiger partial charge in [0.25, 0.3) is 0 Å². The summed E-state index contributed by atoms with van der Waals surface area (Å²) in [7, 11) is -2.83. The molecule has 0 aromatic heterocycles. The van der Waals surface area contributed by atoms with Crippen molar-refractivity contribution in [1.29, 1.82) is 0 Å². The average molecular weight is 262 g/mol. The number of piperazine rings is 1. The largest absolute Gasteiger partial charge is 0.314 e. The van der Waals surface area contributed by atoms with Crippen molar-refractivity contribution in [3.05, 3.63) is 0 Å². The number of rotatable bonds is 7. The van der Waals surface area contributed by atoms with Gasteiger partial charge in [-0.25, -0.2) is 8.42 Å². The first kappa shape index (κ1) is 14.9. The van der Waals surface area contributed by atoms with Crippen molar-refractivity contribution in [3.8, 4) is 0 Å². The van der Waals surface area contributed by atoms with E-state index in [2.05, 4.69) is 17.1 Å². The minimum absolute atomic E-state index is 0.320. The molecule has 4 nitrogen and oxygen atoms in total. The lowest BCUT2D eigenvalue weighted by Gasteiger charge is -2.36. The van der Waals surface area contributed by atoms with Gasteiger partial charge in [0.1, 0.15) is 0 Å². The topological polar surface area (TPSA) is 49.4 Å². The molecule has 1 unspecified atom stereocenters. The summed E-state index contributed by atoms with van der Waals surface area (Å²) >= 11 is 0. The number of nitrogens with zero attached hydrogens (tertiary/aromatic N) is 1. The van der Waals surface area contributed by atoms with Crippen LogP contribution in [0, 0.1) is 0 Å². The van der Waals surface area contributed by atoms with Gasteiger partial charge in [0.05, 0.1) is 5.75 Å². The Morgan fingerprint density at radius 1 is 1.24 bits per heavy atom. The third-order valence-electron chi connectivity index (χ3n) is 3.30. The molecule has 1 saturated heterocycles. The van der Waals surface area contributed by atoms with Gasteiger partial charge in [-0.2, -0.15) is 0 Å². The molecule has 0 aromatic carbocycles. The van der Waals surface area contributed by atoms with E-state index in [9.17, 15) is 8.42 Å². The summed E-state index contributed by atoms with van der Waals surface area (Å²) in [6.07, 6.45) is 3.04.